The molecule has 5 nitrogen and oxygen atoms in total. The van der Waals surface area contributed by atoms with Crippen LogP contribution in [0.5, 0.6) is 0 Å². The predicted molar refractivity (Wildman–Crippen MR) is 109 cm³/mol. The summed E-state index contributed by atoms with van der Waals surface area (Å²) in [6, 6.07) is 14.2. The van der Waals surface area contributed by atoms with Crippen molar-refractivity contribution in [1.82, 2.24) is 4.90 Å². The van der Waals surface area contributed by atoms with Crippen LogP contribution in [0.4, 0.5) is 4.39 Å². The van der Waals surface area contributed by atoms with Crippen LogP contribution in [0, 0.1) is 19.7 Å². The number of aliphatic hydroxyl groups excluding tert-OH is 1. The summed E-state index contributed by atoms with van der Waals surface area (Å²) in [7, 11) is 0. The Balaban J connectivity index is 1.87. The third-order valence-corrected chi connectivity index (χ3v) is 5.28. The summed E-state index contributed by atoms with van der Waals surface area (Å²) >= 11 is 0. The summed E-state index contributed by atoms with van der Waals surface area (Å²) in [6.45, 7) is 3.60. The van der Waals surface area contributed by atoms with Crippen molar-refractivity contribution < 1.29 is 23.5 Å². The van der Waals surface area contributed by atoms with Crippen molar-refractivity contribution in [1.29, 1.82) is 0 Å². The van der Waals surface area contributed by atoms with E-state index in [0.29, 0.717) is 16.9 Å². The molecule has 0 spiro atoms. The summed E-state index contributed by atoms with van der Waals surface area (Å²) in [5, 5.41) is 10.9. The number of amides is 1. The Morgan fingerprint density at radius 2 is 1.83 bits per heavy atom. The molecule has 0 unspecified atom stereocenters. The molecule has 3 aromatic rings. The molecule has 1 atom stereocenters. The number of carbonyl (C=O) groups excluding carboxylic acids is 2. The first-order valence-electron chi connectivity index (χ1n) is 9.50. The summed E-state index contributed by atoms with van der Waals surface area (Å²) in [4.78, 5) is 27.2. The van der Waals surface area contributed by atoms with Gasteiger partial charge in [-0.05, 0) is 43.2 Å². The van der Waals surface area contributed by atoms with E-state index in [2.05, 4.69) is 0 Å². The van der Waals surface area contributed by atoms with Gasteiger partial charge in [0.15, 0.2) is 0 Å². The van der Waals surface area contributed by atoms with Crippen molar-refractivity contribution in [2.24, 2.45) is 0 Å². The van der Waals surface area contributed by atoms with Crippen LogP contribution in [0.3, 0.4) is 0 Å². The van der Waals surface area contributed by atoms with Crippen LogP contribution in [0.25, 0.3) is 5.76 Å². The van der Waals surface area contributed by atoms with Crippen molar-refractivity contribution >= 4 is 17.4 Å². The smallest absolute Gasteiger partial charge is 0.296 e. The van der Waals surface area contributed by atoms with E-state index in [1.165, 1.54) is 23.3 Å². The molecule has 1 aliphatic heterocycles. The number of ketones is 1. The van der Waals surface area contributed by atoms with Crippen LogP contribution < -0.4 is 0 Å². The van der Waals surface area contributed by atoms with E-state index in [4.69, 9.17) is 4.42 Å². The first-order valence-corrected chi connectivity index (χ1v) is 9.50. The molecular formula is C24H20FNO4. The van der Waals surface area contributed by atoms with Crippen LogP contribution in [0.15, 0.2) is 70.9 Å². The minimum Gasteiger partial charge on any atom is -0.507 e. The Morgan fingerprint density at radius 3 is 2.47 bits per heavy atom. The maximum atomic E-state index is 14.1. The number of aliphatic hydroxyl groups is 1. The zero-order valence-corrected chi connectivity index (χ0v) is 16.6. The molecule has 0 saturated carbocycles. The highest BCUT2D eigenvalue weighted by Gasteiger charge is 2.46. The fraction of sp³-hybridized carbons (Fsp3) is 0.167. The second kappa shape index (κ2) is 7.63. The number of aryl methyl sites for hydroxylation is 2. The van der Waals surface area contributed by atoms with Gasteiger partial charge in [-0.2, -0.15) is 0 Å². The number of hydrogen-bond donors (Lipinski definition) is 1. The molecule has 1 aliphatic rings. The average molecular weight is 405 g/mol. The fourth-order valence-electron chi connectivity index (χ4n) is 3.60. The van der Waals surface area contributed by atoms with Crippen molar-refractivity contribution in [3.63, 3.8) is 0 Å². The molecule has 1 aromatic heterocycles. The summed E-state index contributed by atoms with van der Waals surface area (Å²) in [6.07, 6.45) is 1.49. The highest BCUT2D eigenvalue weighted by Crippen LogP contribution is 2.40. The maximum Gasteiger partial charge on any atom is 0.296 e. The predicted octanol–water partition coefficient (Wildman–Crippen LogP) is 4.66. The van der Waals surface area contributed by atoms with Crippen molar-refractivity contribution in [3.8, 4) is 0 Å². The van der Waals surface area contributed by atoms with Gasteiger partial charge >= 0.3 is 0 Å². The van der Waals surface area contributed by atoms with Gasteiger partial charge in [-0.1, -0.05) is 42.0 Å². The number of benzene rings is 2. The van der Waals surface area contributed by atoms with Gasteiger partial charge < -0.3 is 14.4 Å². The molecule has 6 heteroatoms. The normalized spacial score (nSPS) is 18.2. The largest absolute Gasteiger partial charge is 0.507 e. The number of furan rings is 1. The van der Waals surface area contributed by atoms with E-state index in [9.17, 15) is 19.1 Å². The summed E-state index contributed by atoms with van der Waals surface area (Å²) in [5.74, 6) is -1.96. The van der Waals surface area contributed by atoms with Crippen molar-refractivity contribution in [2.75, 3.05) is 0 Å². The number of halogens is 1. The van der Waals surface area contributed by atoms with Crippen LogP contribution in [0.2, 0.25) is 0 Å². The van der Waals surface area contributed by atoms with E-state index in [1.807, 2.05) is 31.2 Å². The molecule has 4 rings (SSSR count). The van der Waals surface area contributed by atoms with Gasteiger partial charge in [0.05, 0.1) is 24.4 Å². The highest BCUT2D eigenvalue weighted by molar-refractivity contribution is 6.46. The number of Topliss-reactive ketones (excluding diaryl/α,β-unsaturated/α-hetero) is 1. The Hall–Kier alpha value is -3.67. The summed E-state index contributed by atoms with van der Waals surface area (Å²) in [5.41, 5.74) is 2.17. The fourth-order valence-corrected chi connectivity index (χ4v) is 3.60. The minimum atomic E-state index is -0.819. The zero-order valence-electron chi connectivity index (χ0n) is 16.6. The molecule has 1 N–H and O–H groups in total. The first kappa shape index (κ1) is 19.6. The molecule has 1 fully saturated rings. The standard InChI is InChI=1S/C24H20FNO4/c1-14-5-8-16(9-6-14)21-20(22(27)17-10-7-15(2)19(25)12-17)23(28)24(29)26(21)13-18-4-3-11-30-18/h3-12,21,27H,13H2,1-2H3/t21-/m0/s1. The highest BCUT2D eigenvalue weighted by atomic mass is 19.1. The van der Waals surface area contributed by atoms with Gasteiger partial charge in [0, 0.05) is 5.56 Å². The molecule has 30 heavy (non-hydrogen) atoms. The monoisotopic (exact) mass is 405 g/mol. The van der Waals surface area contributed by atoms with Gasteiger partial charge in [0.1, 0.15) is 17.3 Å². The average Bonchev–Trinajstić information content (AvgIpc) is 3.33. The van der Waals surface area contributed by atoms with E-state index in [1.54, 1.807) is 19.1 Å². The topological polar surface area (TPSA) is 70.8 Å². The zero-order chi connectivity index (χ0) is 21.4. The third kappa shape index (κ3) is 3.41. The Morgan fingerprint density at radius 1 is 1.10 bits per heavy atom. The third-order valence-electron chi connectivity index (χ3n) is 5.28. The quantitative estimate of drug-likeness (QED) is 0.389. The SMILES string of the molecule is Cc1ccc([C@H]2C(=C(O)c3ccc(C)c(F)c3)C(=O)C(=O)N2Cc2ccco2)cc1. The van der Waals surface area contributed by atoms with Gasteiger partial charge in [-0.3, -0.25) is 9.59 Å². The van der Waals surface area contributed by atoms with Crippen LogP contribution in [-0.2, 0) is 16.1 Å². The van der Waals surface area contributed by atoms with Crippen molar-refractivity contribution in [3.05, 3.63) is 100 Å². The lowest BCUT2D eigenvalue weighted by molar-refractivity contribution is -0.140. The Bertz CT molecular complexity index is 1150. The van der Waals surface area contributed by atoms with E-state index in [0.717, 1.165) is 11.6 Å². The van der Waals surface area contributed by atoms with Crippen LogP contribution in [-0.4, -0.2) is 21.7 Å². The number of rotatable bonds is 4. The lowest BCUT2D eigenvalue weighted by Gasteiger charge is -2.24. The molecule has 0 aliphatic carbocycles. The number of hydrogen-bond acceptors (Lipinski definition) is 4. The van der Waals surface area contributed by atoms with E-state index >= 15 is 0 Å². The van der Waals surface area contributed by atoms with Gasteiger partial charge in [-0.15, -0.1) is 0 Å². The van der Waals surface area contributed by atoms with Gasteiger partial charge in [0.25, 0.3) is 11.7 Å². The molecule has 0 bridgehead atoms. The van der Waals surface area contributed by atoms with Crippen LogP contribution >= 0.6 is 0 Å². The molecule has 1 saturated heterocycles. The lowest BCUT2D eigenvalue weighted by atomic mass is 9.94. The number of carbonyl (C=O) groups is 2. The second-order valence-electron chi connectivity index (χ2n) is 7.38. The maximum absolute atomic E-state index is 14.1. The van der Waals surface area contributed by atoms with Crippen molar-refractivity contribution in [2.45, 2.75) is 26.4 Å². The van der Waals surface area contributed by atoms with E-state index < -0.39 is 29.3 Å². The first-order chi connectivity index (χ1) is 14.4. The molecular weight excluding hydrogens is 385 g/mol. The molecule has 2 heterocycles. The Kier molecular flexibility index (Phi) is 4.99. The molecule has 1 amide bonds. The molecule has 2 aromatic carbocycles. The lowest BCUT2D eigenvalue weighted by Crippen LogP contribution is -2.29. The van der Waals surface area contributed by atoms with Gasteiger partial charge in [-0.25, -0.2) is 4.39 Å². The molecule has 152 valence electrons. The van der Waals surface area contributed by atoms with E-state index in [-0.39, 0.29) is 17.7 Å². The number of nitrogens with zero attached hydrogens (tertiary/aromatic N) is 1. The van der Waals surface area contributed by atoms with Crippen LogP contribution in [0.1, 0.15) is 34.1 Å². The van der Waals surface area contributed by atoms with Gasteiger partial charge in [0.2, 0.25) is 0 Å². The number of likely N-dealkylation sites (tertiary alicyclic amines) is 1. The molecule has 0 radical (unpaired) electrons. The summed E-state index contributed by atoms with van der Waals surface area (Å²) < 4.78 is 19.4. The Labute approximate surface area is 173 Å². The second-order valence-corrected chi connectivity index (χ2v) is 7.38. The minimum absolute atomic E-state index is 0.0646.